The Bertz CT molecular complexity index is 685. The first kappa shape index (κ1) is 16.6. The van der Waals surface area contributed by atoms with Gasteiger partial charge in [-0.3, -0.25) is 9.59 Å². The van der Waals surface area contributed by atoms with Crippen LogP contribution in [0.5, 0.6) is 0 Å². The highest BCUT2D eigenvalue weighted by molar-refractivity contribution is 8.01. The number of nitrogens with two attached hydrogens (primary N) is 1. The molecule has 2 aromatic rings. The van der Waals surface area contributed by atoms with E-state index in [0.717, 1.165) is 5.56 Å². The number of anilines is 1. The lowest BCUT2D eigenvalue weighted by Crippen LogP contribution is -2.18. The van der Waals surface area contributed by atoms with E-state index in [1.807, 2.05) is 5.38 Å². The second kappa shape index (κ2) is 6.53. The molecule has 0 aromatic carbocycles. The van der Waals surface area contributed by atoms with E-state index in [0.29, 0.717) is 22.3 Å². The van der Waals surface area contributed by atoms with Gasteiger partial charge in [-0.1, -0.05) is 20.8 Å². The van der Waals surface area contributed by atoms with Crippen molar-refractivity contribution in [2.75, 3.05) is 11.1 Å². The average Bonchev–Trinajstić information content (AvgIpc) is 3.03. The highest BCUT2D eigenvalue weighted by Gasteiger charge is 2.15. The second-order valence-electron chi connectivity index (χ2n) is 5.65. The fourth-order valence-electron chi connectivity index (χ4n) is 1.59. The molecule has 0 aliphatic rings. The standard InChI is InChI=1S/C14H18N4O2S2/c1-14(2,3)22-7-11(19)18-13-17-10(6-21-13)8-4-9(12(15)20)16-5-8/h4-6,16H,7H2,1-3H3,(H2,15,20)(H,17,18,19). The van der Waals surface area contributed by atoms with Crippen molar-refractivity contribution in [3.63, 3.8) is 0 Å². The first-order chi connectivity index (χ1) is 10.2. The highest BCUT2D eigenvalue weighted by atomic mass is 32.2. The Balaban J connectivity index is 1.99. The maximum absolute atomic E-state index is 11.9. The summed E-state index contributed by atoms with van der Waals surface area (Å²) in [5.41, 5.74) is 6.97. The molecular weight excluding hydrogens is 320 g/mol. The molecule has 0 radical (unpaired) electrons. The van der Waals surface area contributed by atoms with Crippen molar-refractivity contribution in [2.45, 2.75) is 25.5 Å². The number of thiazole rings is 1. The van der Waals surface area contributed by atoms with Crippen molar-refractivity contribution in [3.8, 4) is 11.3 Å². The van der Waals surface area contributed by atoms with Gasteiger partial charge in [0.05, 0.1) is 11.4 Å². The average molecular weight is 338 g/mol. The minimum Gasteiger partial charge on any atom is -0.364 e. The Morgan fingerprint density at radius 3 is 2.77 bits per heavy atom. The summed E-state index contributed by atoms with van der Waals surface area (Å²) < 4.78 is 0.0433. The number of aromatic amines is 1. The minimum atomic E-state index is -0.519. The van der Waals surface area contributed by atoms with Crippen LogP contribution >= 0.6 is 23.1 Å². The highest BCUT2D eigenvalue weighted by Crippen LogP contribution is 2.26. The quantitative estimate of drug-likeness (QED) is 0.780. The van der Waals surface area contributed by atoms with Crippen molar-refractivity contribution in [1.82, 2.24) is 9.97 Å². The van der Waals surface area contributed by atoms with Crippen LogP contribution in [0.4, 0.5) is 5.13 Å². The lowest BCUT2D eigenvalue weighted by Gasteiger charge is -2.16. The summed E-state index contributed by atoms with van der Waals surface area (Å²) in [5.74, 6) is -0.212. The van der Waals surface area contributed by atoms with Gasteiger partial charge in [0.25, 0.3) is 5.91 Å². The van der Waals surface area contributed by atoms with Crippen LogP contribution in [0.2, 0.25) is 0 Å². The van der Waals surface area contributed by atoms with Gasteiger partial charge in [0.1, 0.15) is 5.69 Å². The van der Waals surface area contributed by atoms with E-state index in [9.17, 15) is 9.59 Å². The molecule has 4 N–H and O–H groups in total. The molecule has 0 spiro atoms. The van der Waals surface area contributed by atoms with Gasteiger partial charge in [-0.05, 0) is 6.07 Å². The molecule has 0 unspecified atom stereocenters. The minimum absolute atomic E-state index is 0.0433. The van der Waals surface area contributed by atoms with Crippen LogP contribution in [0.1, 0.15) is 31.3 Å². The molecule has 0 saturated heterocycles. The molecule has 0 aliphatic heterocycles. The second-order valence-corrected chi connectivity index (χ2v) is 8.31. The smallest absolute Gasteiger partial charge is 0.265 e. The number of primary amides is 1. The Hall–Kier alpha value is -1.80. The number of carbonyl (C=O) groups is 2. The fraction of sp³-hybridized carbons (Fsp3) is 0.357. The molecule has 0 fully saturated rings. The van der Waals surface area contributed by atoms with Gasteiger partial charge in [-0.2, -0.15) is 0 Å². The van der Waals surface area contributed by atoms with Gasteiger partial charge in [0.2, 0.25) is 5.91 Å². The number of hydrogen-bond donors (Lipinski definition) is 3. The van der Waals surface area contributed by atoms with Gasteiger partial charge < -0.3 is 16.0 Å². The molecule has 8 heteroatoms. The van der Waals surface area contributed by atoms with Crippen LogP contribution < -0.4 is 11.1 Å². The van der Waals surface area contributed by atoms with Gasteiger partial charge in [0.15, 0.2) is 5.13 Å². The van der Waals surface area contributed by atoms with Gasteiger partial charge in [-0.25, -0.2) is 4.98 Å². The summed E-state index contributed by atoms with van der Waals surface area (Å²) in [4.78, 5) is 30.1. The number of rotatable bonds is 5. The number of nitrogens with zero attached hydrogens (tertiary/aromatic N) is 1. The Morgan fingerprint density at radius 1 is 1.45 bits per heavy atom. The Labute approximate surface area is 136 Å². The topological polar surface area (TPSA) is 101 Å². The first-order valence-electron chi connectivity index (χ1n) is 6.62. The molecule has 0 atom stereocenters. The van der Waals surface area contributed by atoms with Gasteiger partial charge >= 0.3 is 0 Å². The van der Waals surface area contributed by atoms with Gasteiger partial charge in [-0.15, -0.1) is 23.1 Å². The largest absolute Gasteiger partial charge is 0.364 e. The van der Waals surface area contributed by atoms with Crippen LogP contribution in [0, 0.1) is 0 Å². The molecule has 6 nitrogen and oxygen atoms in total. The third-order valence-corrected chi connectivity index (χ3v) is 4.66. The molecule has 2 heterocycles. The summed E-state index contributed by atoms with van der Waals surface area (Å²) in [6.07, 6.45) is 1.66. The van der Waals surface area contributed by atoms with Crippen LogP contribution in [0.15, 0.2) is 17.6 Å². The van der Waals surface area contributed by atoms with Crippen molar-refractivity contribution < 1.29 is 9.59 Å². The van der Waals surface area contributed by atoms with Gasteiger partial charge in [0, 0.05) is 21.9 Å². The molecule has 2 rings (SSSR count). The number of thioether (sulfide) groups is 1. The number of amides is 2. The number of nitrogens with one attached hydrogen (secondary N) is 2. The first-order valence-corrected chi connectivity index (χ1v) is 8.49. The molecule has 118 valence electrons. The summed E-state index contributed by atoms with van der Waals surface area (Å²) in [6.45, 7) is 6.19. The molecule has 0 aliphatic carbocycles. The SMILES string of the molecule is CC(C)(C)SCC(=O)Nc1nc(-c2c[nH]c(C(N)=O)c2)cs1. The van der Waals surface area contributed by atoms with E-state index < -0.39 is 5.91 Å². The summed E-state index contributed by atoms with van der Waals surface area (Å²) in [7, 11) is 0. The maximum Gasteiger partial charge on any atom is 0.265 e. The zero-order valence-electron chi connectivity index (χ0n) is 12.6. The fourth-order valence-corrected chi connectivity index (χ4v) is 2.96. The predicted octanol–water partition coefficient (Wildman–Crippen LogP) is 2.71. The van der Waals surface area contributed by atoms with E-state index in [1.54, 1.807) is 24.0 Å². The van der Waals surface area contributed by atoms with Crippen molar-refractivity contribution in [2.24, 2.45) is 5.73 Å². The van der Waals surface area contributed by atoms with E-state index in [2.05, 4.69) is 36.1 Å². The molecule has 2 aromatic heterocycles. The van der Waals surface area contributed by atoms with Crippen molar-refractivity contribution in [3.05, 3.63) is 23.3 Å². The van der Waals surface area contributed by atoms with Crippen LogP contribution in [0.25, 0.3) is 11.3 Å². The van der Waals surface area contributed by atoms with E-state index in [4.69, 9.17) is 5.73 Å². The zero-order valence-corrected chi connectivity index (χ0v) is 14.2. The lowest BCUT2D eigenvalue weighted by atomic mass is 10.2. The Kier molecular flexibility index (Phi) is 4.92. The molecule has 0 bridgehead atoms. The third-order valence-electron chi connectivity index (χ3n) is 2.63. The Morgan fingerprint density at radius 2 is 2.18 bits per heavy atom. The van der Waals surface area contributed by atoms with Crippen LogP contribution in [0.3, 0.4) is 0 Å². The van der Waals surface area contributed by atoms with Crippen molar-refractivity contribution in [1.29, 1.82) is 0 Å². The maximum atomic E-state index is 11.9. The number of H-pyrrole nitrogens is 1. The molecule has 0 saturated carbocycles. The monoisotopic (exact) mass is 338 g/mol. The summed E-state index contributed by atoms with van der Waals surface area (Å²) >= 11 is 2.92. The van der Waals surface area contributed by atoms with Crippen LogP contribution in [-0.4, -0.2) is 32.3 Å². The normalized spacial score (nSPS) is 11.4. The molecular formula is C14H18N4O2S2. The molecule has 22 heavy (non-hydrogen) atoms. The summed E-state index contributed by atoms with van der Waals surface area (Å²) in [5, 5.41) is 5.14. The predicted molar refractivity (Wildman–Crippen MR) is 91.3 cm³/mol. The third kappa shape index (κ3) is 4.60. The number of aromatic nitrogens is 2. The number of hydrogen-bond acceptors (Lipinski definition) is 5. The molecule has 2 amide bonds. The van der Waals surface area contributed by atoms with E-state index in [1.165, 1.54) is 11.3 Å². The lowest BCUT2D eigenvalue weighted by molar-refractivity contribution is -0.113. The van der Waals surface area contributed by atoms with Crippen molar-refractivity contribution >= 4 is 40.0 Å². The van der Waals surface area contributed by atoms with E-state index >= 15 is 0 Å². The van der Waals surface area contributed by atoms with Crippen LogP contribution in [-0.2, 0) is 4.79 Å². The number of carbonyl (C=O) groups excluding carboxylic acids is 2. The zero-order chi connectivity index (χ0) is 16.3. The van der Waals surface area contributed by atoms with E-state index in [-0.39, 0.29) is 10.7 Å². The summed E-state index contributed by atoms with van der Waals surface area (Å²) in [6, 6.07) is 1.64.